The van der Waals surface area contributed by atoms with E-state index >= 15 is 0 Å². The number of hydrogen-bond acceptors (Lipinski definition) is 4. The maximum absolute atomic E-state index is 12.7. The van der Waals surface area contributed by atoms with Crippen LogP contribution in [0.25, 0.3) is 22.5 Å². The van der Waals surface area contributed by atoms with Gasteiger partial charge >= 0.3 is 0 Å². The highest BCUT2D eigenvalue weighted by Gasteiger charge is 2.17. The molecule has 1 N–H and O–H groups in total. The van der Waals surface area contributed by atoms with Crippen LogP contribution in [0.4, 0.5) is 0 Å². The number of aromatic nitrogens is 3. The molecule has 6 nitrogen and oxygen atoms in total. The molecule has 3 aromatic rings. The van der Waals surface area contributed by atoms with Gasteiger partial charge in [-0.2, -0.15) is 5.10 Å². The van der Waals surface area contributed by atoms with Crippen molar-refractivity contribution >= 4 is 17.1 Å². The molecule has 31 heavy (non-hydrogen) atoms. The summed E-state index contributed by atoms with van der Waals surface area (Å²) in [5.74, 6) is -0.147. The molecule has 1 amide bonds. The van der Waals surface area contributed by atoms with Crippen LogP contribution in [0, 0.1) is 0 Å². The van der Waals surface area contributed by atoms with Crippen molar-refractivity contribution in [2.24, 2.45) is 0 Å². The fourth-order valence-corrected chi connectivity index (χ4v) is 4.05. The molecule has 1 aromatic carbocycles. The van der Waals surface area contributed by atoms with Crippen LogP contribution < -0.4 is 5.32 Å². The van der Waals surface area contributed by atoms with Crippen molar-refractivity contribution in [1.82, 2.24) is 24.8 Å². The first kappa shape index (κ1) is 19.7. The van der Waals surface area contributed by atoms with Crippen molar-refractivity contribution in [2.45, 2.75) is 25.7 Å². The minimum absolute atomic E-state index is 0.147. The molecule has 2 aliphatic rings. The maximum atomic E-state index is 12.7. The summed E-state index contributed by atoms with van der Waals surface area (Å²) in [5.41, 5.74) is 5.08. The zero-order valence-electron chi connectivity index (χ0n) is 17.6. The van der Waals surface area contributed by atoms with Gasteiger partial charge in [-0.1, -0.05) is 48.6 Å². The van der Waals surface area contributed by atoms with Crippen LogP contribution >= 0.6 is 0 Å². The van der Waals surface area contributed by atoms with Gasteiger partial charge in [-0.3, -0.25) is 4.79 Å². The maximum Gasteiger partial charge on any atom is 0.271 e. The third-order valence-corrected chi connectivity index (χ3v) is 5.91. The predicted octanol–water partition coefficient (Wildman–Crippen LogP) is 3.96. The monoisotopic (exact) mass is 413 g/mol. The van der Waals surface area contributed by atoms with Crippen molar-refractivity contribution in [3.05, 3.63) is 72.1 Å². The van der Waals surface area contributed by atoms with Gasteiger partial charge in [0.15, 0.2) is 11.3 Å². The molecule has 2 aromatic heterocycles. The Labute approximate surface area is 182 Å². The molecule has 0 atom stereocenters. The van der Waals surface area contributed by atoms with Crippen molar-refractivity contribution in [1.29, 1.82) is 0 Å². The van der Waals surface area contributed by atoms with Gasteiger partial charge in [-0.15, -0.1) is 0 Å². The number of carbonyl (C=O) groups excluding carboxylic acids is 1. The summed E-state index contributed by atoms with van der Waals surface area (Å²) in [6.07, 6.45) is 10.8. The van der Waals surface area contributed by atoms with Crippen molar-refractivity contribution < 1.29 is 4.79 Å². The highest BCUT2D eigenvalue weighted by molar-refractivity contribution is 5.93. The first-order valence-corrected chi connectivity index (χ1v) is 11.1. The quantitative estimate of drug-likeness (QED) is 0.596. The number of nitrogens with one attached hydrogen (secondary N) is 1. The lowest BCUT2D eigenvalue weighted by atomic mass is 10.0. The predicted molar refractivity (Wildman–Crippen MR) is 123 cm³/mol. The van der Waals surface area contributed by atoms with Crippen LogP contribution in [0.3, 0.4) is 0 Å². The van der Waals surface area contributed by atoms with E-state index in [0.717, 1.165) is 48.3 Å². The number of amides is 1. The molecule has 158 valence electrons. The normalized spacial score (nSPS) is 16.2. The first-order chi connectivity index (χ1) is 15.3. The molecular formula is C25H27N5O. The van der Waals surface area contributed by atoms with E-state index in [2.05, 4.69) is 51.7 Å². The number of rotatable bonds is 7. The molecule has 0 saturated carbocycles. The van der Waals surface area contributed by atoms with Gasteiger partial charge < -0.3 is 10.2 Å². The van der Waals surface area contributed by atoms with Crippen molar-refractivity contribution in [2.75, 3.05) is 26.2 Å². The number of nitrogens with zero attached hydrogens (tertiary/aromatic N) is 4. The number of hydrogen-bond donors (Lipinski definition) is 1. The van der Waals surface area contributed by atoms with Crippen LogP contribution in [0.2, 0.25) is 0 Å². The Morgan fingerprint density at radius 3 is 2.71 bits per heavy atom. The summed E-state index contributed by atoms with van der Waals surface area (Å²) < 4.78 is 1.78. The second-order valence-corrected chi connectivity index (χ2v) is 8.14. The van der Waals surface area contributed by atoms with Crippen molar-refractivity contribution in [3.8, 4) is 11.3 Å². The van der Waals surface area contributed by atoms with Crippen LogP contribution in [0.1, 0.15) is 41.9 Å². The molecule has 1 aliphatic heterocycles. The number of allylic oxidation sites excluding steroid dienone is 4. The molecule has 1 fully saturated rings. The minimum Gasteiger partial charge on any atom is -0.351 e. The topological polar surface area (TPSA) is 62.5 Å². The molecule has 1 aliphatic carbocycles. The van der Waals surface area contributed by atoms with E-state index in [0.29, 0.717) is 17.9 Å². The average Bonchev–Trinajstić information content (AvgIpc) is 3.22. The molecule has 0 radical (unpaired) electrons. The highest BCUT2D eigenvalue weighted by atomic mass is 16.1. The van der Waals surface area contributed by atoms with Gasteiger partial charge in [0.25, 0.3) is 5.91 Å². The molecule has 1 saturated heterocycles. The number of likely N-dealkylation sites (tertiary alicyclic amines) is 1. The lowest BCUT2D eigenvalue weighted by Crippen LogP contribution is -2.39. The third-order valence-electron chi connectivity index (χ3n) is 5.91. The van der Waals surface area contributed by atoms with E-state index in [4.69, 9.17) is 4.98 Å². The largest absolute Gasteiger partial charge is 0.351 e. The van der Waals surface area contributed by atoms with Gasteiger partial charge in [0.05, 0.1) is 11.4 Å². The van der Waals surface area contributed by atoms with Crippen LogP contribution in [0.5, 0.6) is 0 Å². The first-order valence-electron chi connectivity index (χ1n) is 11.1. The van der Waals surface area contributed by atoms with Gasteiger partial charge in [-0.25, -0.2) is 9.50 Å². The Bertz CT molecular complexity index is 1140. The zero-order valence-corrected chi connectivity index (χ0v) is 17.6. The van der Waals surface area contributed by atoms with E-state index in [-0.39, 0.29) is 5.91 Å². The number of benzene rings is 1. The third kappa shape index (κ3) is 4.30. The fourth-order valence-electron chi connectivity index (χ4n) is 4.05. The van der Waals surface area contributed by atoms with E-state index in [1.165, 1.54) is 19.5 Å². The summed E-state index contributed by atoms with van der Waals surface area (Å²) in [4.78, 5) is 20.0. The van der Waals surface area contributed by atoms with E-state index in [1.807, 2.05) is 18.2 Å². The lowest BCUT2D eigenvalue weighted by Gasteiger charge is -2.30. The summed E-state index contributed by atoms with van der Waals surface area (Å²) in [5, 5.41) is 7.62. The Balaban J connectivity index is 1.43. The highest BCUT2D eigenvalue weighted by Crippen LogP contribution is 2.27. The standard InChI is InChI=1S/C25H27N5O/c31-25(26-13-7-14-29-15-8-16-29)22-18-24-27-21(19-9-3-1-4-10-19)17-23(30(24)28-22)20-11-5-2-6-12-20/h2-3,5-6,9-12,17-18H,1,4,7-8,13-16H2,(H,26,31). The van der Waals surface area contributed by atoms with E-state index in [9.17, 15) is 4.79 Å². The molecular weight excluding hydrogens is 386 g/mol. The minimum atomic E-state index is -0.147. The summed E-state index contributed by atoms with van der Waals surface area (Å²) >= 11 is 0. The van der Waals surface area contributed by atoms with Gasteiger partial charge in [0.1, 0.15) is 0 Å². The second-order valence-electron chi connectivity index (χ2n) is 8.14. The van der Waals surface area contributed by atoms with Crippen molar-refractivity contribution in [3.63, 3.8) is 0 Å². The summed E-state index contributed by atoms with van der Waals surface area (Å²) in [7, 11) is 0. The van der Waals surface area contributed by atoms with Gasteiger partial charge in [0.2, 0.25) is 0 Å². The molecule has 0 spiro atoms. The number of fused-ring (bicyclic) bond motifs is 1. The average molecular weight is 414 g/mol. The second kappa shape index (κ2) is 8.86. The smallest absolute Gasteiger partial charge is 0.271 e. The molecule has 0 bridgehead atoms. The Morgan fingerprint density at radius 2 is 1.97 bits per heavy atom. The molecule has 6 heteroatoms. The Hall–Kier alpha value is -3.25. The van der Waals surface area contributed by atoms with Crippen LogP contribution in [-0.2, 0) is 0 Å². The Kier molecular flexibility index (Phi) is 5.63. The van der Waals surface area contributed by atoms with Crippen LogP contribution in [0.15, 0.2) is 60.7 Å². The SMILES string of the molecule is O=C(NCCCN1CCC1)c1cc2nc(C3=CCCC=C3)cc(-c3ccccc3)n2n1. The lowest BCUT2D eigenvalue weighted by molar-refractivity contribution is 0.0944. The summed E-state index contributed by atoms with van der Waals surface area (Å²) in [6, 6.07) is 14.0. The zero-order chi connectivity index (χ0) is 21.0. The summed E-state index contributed by atoms with van der Waals surface area (Å²) in [6.45, 7) is 4.06. The molecule has 5 rings (SSSR count). The molecule has 3 heterocycles. The fraction of sp³-hybridized carbons (Fsp3) is 0.320. The van der Waals surface area contributed by atoms with Gasteiger partial charge in [0, 0.05) is 18.2 Å². The van der Waals surface area contributed by atoms with E-state index in [1.54, 1.807) is 10.6 Å². The van der Waals surface area contributed by atoms with Gasteiger partial charge in [-0.05, 0) is 57.0 Å². The van der Waals surface area contributed by atoms with E-state index < -0.39 is 0 Å². The molecule has 0 unspecified atom stereocenters. The Morgan fingerprint density at radius 1 is 1.10 bits per heavy atom. The number of carbonyl (C=O) groups is 1. The van der Waals surface area contributed by atoms with Crippen LogP contribution in [-0.4, -0.2) is 51.6 Å².